The predicted molar refractivity (Wildman–Crippen MR) is 100 cm³/mol. The average molecular weight is 383 g/mol. The molecule has 1 aliphatic rings. The lowest BCUT2D eigenvalue weighted by Crippen LogP contribution is -2.43. The van der Waals surface area contributed by atoms with Gasteiger partial charge in [-0.05, 0) is 63.8 Å². The Labute approximate surface area is 159 Å². The zero-order chi connectivity index (χ0) is 19.2. The number of piperidine rings is 1. The minimum absolute atomic E-state index is 0.0163. The normalized spacial score (nSPS) is 15.5. The van der Waals surface area contributed by atoms with Crippen molar-refractivity contribution in [3.05, 3.63) is 29.3 Å². The summed E-state index contributed by atoms with van der Waals surface area (Å²) in [6.45, 7) is 7.43. The van der Waals surface area contributed by atoms with E-state index in [2.05, 4.69) is 5.32 Å². The first-order valence-electron chi connectivity index (χ1n) is 8.86. The molecule has 7 heteroatoms. The maximum absolute atomic E-state index is 12.3. The highest BCUT2D eigenvalue weighted by molar-refractivity contribution is 6.30. The molecule has 1 N–H and O–H groups in total. The fraction of sp³-hybridized carbons (Fsp3) is 0.579. The number of hydrogen-bond donors (Lipinski definition) is 1. The van der Waals surface area contributed by atoms with Gasteiger partial charge in [-0.25, -0.2) is 4.79 Å². The zero-order valence-electron chi connectivity index (χ0n) is 15.6. The number of carbonyl (C=O) groups is 2. The standard InChI is InChI=1S/C19H27ClN2O4/c1-19(2,3)26-18(24)21-12-14-8-10-22(11-9-14)17(23)13-25-16-6-4-15(20)5-7-16/h4-7,14H,8-13H2,1-3H3,(H,21,24). The Balaban J connectivity index is 1.66. The van der Waals surface area contributed by atoms with Crippen molar-refractivity contribution in [2.45, 2.75) is 39.2 Å². The minimum Gasteiger partial charge on any atom is -0.484 e. The van der Waals surface area contributed by atoms with Crippen LogP contribution in [0.25, 0.3) is 0 Å². The molecule has 0 atom stereocenters. The highest BCUT2D eigenvalue weighted by atomic mass is 35.5. The first-order chi connectivity index (χ1) is 12.2. The van der Waals surface area contributed by atoms with Crippen LogP contribution in [0.2, 0.25) is 5.02 Å². The summed E-state index contributed by atoms with van der Waals surface area (Å²) in [6.07, 6.45) is 1.30. The molecule has 0 spiro atoms. The number of halogens is 1. The predicted octanol–water partition coefficient (Wildman–Crippen LogP) is 3.48. The Hall–Kier alpha value is -1.95. The topological polar surface area (TPSA) is 67.9 Å². The molecule has 1 aromatic rings. The number of nitrogens with zero attached hydrogens (tertiary/aromatic N) is 1. The lowest BCUT2D eigenvalue weighted by atomic mass is 9.97. The van der Waals surface area contributed by atoms with Crippen molar-refractivity contribution in [2.75, 3.05) is 26.2 Å². The van der Waals surface area contributed by atoms with E-state index in [1.807, 2.05) is 20.8 Å². The summed E-state index contributed by atoms with van der Waals surface area (Å²) in [7, 11) is 0. The van der Waals surface area contributed by atoms with E-state index in [9.17, 15) is 9.59 Å². The van der Waals surface area contributed by atoms with E-state index in [-0.39, 0.29) is 12.5 Å². The van der Waals surface area contributed by atoms with E-state index in [0.29, 0.717) is 36.3 Å². The Bertz CT molecular complexity index is 605. The van der Waals surface area contributed by atoms with Crippen molar-refractivity contribution in [3.8, 4) is 5.75 Å². The second-order valence-corrected chi connectivity index (χ2v) is 7.89. The average Bonchev–Trinajstić information content (AvgIpc) is 2.58. The Morgan fingerprint density at radius 1 is 1.19 bits per heavy atom. The van der Waals surface area contributed by atoms with Crippen molar-refractivity contribution >= 4 is 23.6 Å². The van der Waals surface area contributed by atoms with Crippen LogP contribution in [0.4, 0.5) is 4.79 Å². The number of ether oxygens (including phenoxy) is 2. The molecule has 2 rings (SSSR count). The van der Waals surface area contributed by atoms with Crippen LogP contribution in [0, 0.1) is 5.92 Å². The third kappa shape index (κ3) is 7.12. The van der Waals surface area contributed by atoms with E-state index in [1.54, 1.807) is 29.2 Å². The number of amides is 2. The van der Waals surface area contributed by atoms with Crippen LogP contribution in [0.5, 0.6) is 5.75 Å². The summed E-state index contributed by atoms with van der Waals surface area (Å²) < 4.78 is 10.7. The van der Waals surface area contributed by atoms with E-state index in [1.165, 1.54) is 0 Å². The van der Waals surface area contributed by atoms with Crippen molar-refractivity contribution < 1.29 is 19.1 Å². The molecule has 0 bridgehead atoms. The molecule has 0 aliphatic carbocycles. The quantitative estimate of drug-likeness (QED) is 0.846. The van der Waals surface area contributed by atoms with E-state index < -0.39 is 11.7 Å². The number of alkyl carbamates (subject to hydrolysis) is 1. The van der Waals surface area contributed by atoms with Gasteiger partial charge in [0.2, 0.25) is 0 Å². The van der Waals surface area contributed by atoms with E-state index in [0.717, 1.165) is 12.8 Å². The molecule has 0 saturated carbocycles. The maximum Gasteiger partial charge on any atom is 0.407 e. The number of hydrogen-bond acceptors (Lipinski definition) is 4. The van der Waals surface area contributed by atoms with Crippen LogP contribution in [0.1, 0.15) is 33.6 Å². The fourth-order valence-electron chi connectivity index (χ4n) is 2.70. The summed E-state index contributed by atoms with van der Waals surface area (Å²) in [5.74, 6) is 0.946. The number of nitrogens with one attached hydrogen (secondary N) is 1. The molecule has 1 aromatic carbocycles. The molecule has 26 heavy (non-hydrogen) atoms. The molecule has 1 saturated heterocycles. The molecule has 1 heterocycles. The SMILES string of the molecule is CC(C)(C)OC(=O)NCC1CCN(C(=O)COc2ccc(Cl)cc2)CC1. The van der Waals surface area contributed by atoms with Crippen molar-refractivity contribution in [1.82, 2.24) is 10.2 Å². The second kappa shape index (κ2) is 9.12. The Morgan fingerprint density at radius 2 is 1.81 bits per heavy atom. The summed E-state index contributed by atoms with van der Waals surface area (Å²) in [5.41, 5.74) is -0.496. The minimum atomic E-state index is -0.496. The van der Waals surface area contributed by atoms with Crippen molar-refractivity contribution in [1.29, 1.82) is 0 Å². The highest BCUT2D eigenvalue weighted by Crippen LogP contribution is 2.18. The number of benzene rings is 1. The lowest BCUT2D eigenvalue weighted by molar-refractivity contribution is -0.134. The van der Waals surface area contributed by atoms with Gasteiger partial charge in [0.1, 0.15) is 11.4 Å². The van der Waals surface area contributed by atoms with Crippen LogP contribution < -0.4 is 10.1 Å². The van der Waals surface area contributed by atoms with Crippen LogP contribution in [-0.4, -0.2) is 48.7 Å². The van der Waals surface area contributed by atoms with Gasteiger partial charge in [-0.3, -0.25) is 4.79 Å². The summed E-state index contributed by atoms with van der Waals surface area (Å²) in [5, 5.41) is 3.43. The van der Waals surface area contributed by atoms with Crippen molar-refractivity contribution in [3.63, 3.8) is 0 Å². The van der Waals surface area contributed by atoms with Gasteiger partial charge in [0.15, 0.2) is 6.61 Å². The van der Waals surface area contributed by atoms with E-state index >= 15 is 0 Å². The molecule has 1 fully saturated rings. The van der Waals surface area contributed by atoms with Gasteiger partial charge in [-0.15, -0.1) is 0 Å². The molecule has 0 radical (unpaired) electrons. The zero-order valence-corrected chi connectivity index (χ0v) is 16.3. The molecule has 2 amide bonds. The molecular weight excluding hydrogens is 356 g/mol. The van der Waals surface area contributed by atoms with Crippen LogP contribution in [0.15, 0.2) is 24.3 Å². The fourth-order valence-corrected chi connectivity index (χ4v) is 2.82. The monoisotopic (exact) mass is 382 g/mol. The first-order valence-corrected chi connectivity index (χ1v) is 9.24. The van der Waals surface area contributed by atoms with Crippen molar-refractivity contribution in [2.24, 2.45) is 5.92 Å². The molecule has 1 aliphatic heterocycles. The van der Waals surface area contributed by atoms with Crippen LogP contribution in [0.3, 0.4) is 0 Å². The molecular formula is C19H27ClN2O4. The number of carbonyl (C=O) groups excluding carboxylic acids is 2. The summed E-state index contributed by atoms with van der Waals surface area (Å²) in [6, 6.07) is 6.93. The van der Waals surface area contributed by atoms with Gasteiger partial charge >= 0.3 is 6.09 Å². The Morgan fingerprint density at radius 3 is 2.38 bits per heavy atom. The van der Waals surface area contributed by atoms with E-state index in [4.69, 9.17) is 21.1 Å². The third-order valence-corrected chi connectivity index (χ3v) is 4.33. The van der Waals surface area contributed by atoms with Gasteiger partial charge < -0.3 is 19.7 Å². The van der Waals surface area contributed by atoms with Gasteiger partial charge in [-0.2, -0.15) is 0 Å². The molecule has 144 valence electrons. The molecule has 0 unspecified atom stereocenters. The smallest absolute Gasteiger partial charge is 0.407 e. The largest absolute Gasteiger partial charge is 0.484 e. The number of likely N-dealkylation sites (tertiary alicyclic amines) is 1. The molecule has 6 nitrogen and oxygen atoms in total. The molecule has 0 aromatic heterocycles. The van der Waals surface area contributed by atoms with Gasteiger partial charge in [0.25, 0.3) is 5.91 Å². The Kier molecular flexibility index (Phi) is 7.14. The van der Waals surface area contributed by atoms with Gasteiger partial charge in [0, 0.05) is 24.7 Å². The third-order valence-electron chi connectivity index (χ3n) is 4.08. The summed E-state index contributed by atoms with van der Waals surface area (Å²) in [4.78, 5) is 25.8. The second-order valence-electron chi connectivity index (χ2n) is 7.45. The van der Waals surface area contributed by atoms with Gasteiger partial charge in [-0.1, -0.05) is 11.6 Å². The van der Waals surface area contributed by atoms with Crippen LogP contribution in [-0.2, 0) is 9.53 Å². The summed E-state index contributed by atoms with van der Waals surface area (Å²) >= 11 is 5.82. The van der Waals surface area contributed by atoms with Crippen LogP contribution >= 0.6 is 11.6 Å². The first kappa shape index (κ1) is 20.4. The highest BCUT2D eigenvalue weighted by Gasteiger charge is 2.24. The number of rotatable bonds is 5. The lowest BCUT2D eigenvalue weighted by Gasteiger charge is -2.32. The maximum atomic E-state index is 12.3. The van der Waals surface area contributed by atoms with Gasteiger partial charge in [0.05, 0.1) is 0 Å².